The molecule has 1 aromatic rings. The summed E-state index contributed by atoms with van der Waals surface area (Å²) < 4.78 is 19.1. The normalized spacial score (nSPS) is 37.8. The molecule has 4 heteroatoms. The van der Waals surface area contributed by atoms with E-state index in [2.05, 4.69) is 26.8 Å². The van der Waals surface area contributed by atoms with Crippen molar-refractivity contribution in [2.45, 2.75) is 64.2 Å². The molecule has 4 aliphatic carbocycles. The largest absolute Gasteiger partial charge is 0.500 e. The van der Waals surface area contributed by atoms with Gasteiger partial charge in [-0.15, -0.1) is 0 Å². The Kier molecular flexibility index (Phi) is 5.79. The highest BCUT2D eigenvalue weighted by Crippen LogP contribution is 2.66. The van der Waals surface area contributed by atoms with Gasteiger partial charge in [-0.05, 0) is 79.1 Å². The van der Waals surface area contributed by atoms with Gasteiger partial charge in [0.25, 0.3) is 0 Å². The topological polar surface area (TPSA) is 43.4 Å². The molecule has 0 N–H and O–H groups in total. The van der Waals surface area contributed by atoms with Crippen LogP contribution in [0.2, 0.25) is 0 Å². The molecule has 0 saturated heterocycles. The summed E-state index contributed by atoms with van der Waals surface area (Å²) in [7, 11) is 0.630. The molecule has 0 aliphatic heterocycles. The molecular weight excluding hydrogens is 428 g/mol. The van der Waals surface area contributed by atoms with Crippen molar-refractivity contribution in [3.8, 4) is 0 Å². The van der Waals surface area contributed by atoms with Gasteiger partial charge in [0.1, 0.15) is 5.76 Å². The fourth-order valence-corrected chi connectivity index (χ4v) is 8.77. The number of allylic oxidation sites excluding steroid dienone is 5. The third-order valence-corrected chi connectivity index (χ3v) is 10.6. The Labute approximate surface area is 200 Å². The van der Waals surface area contributed by atoms with Crippen molar-refractivity contribution in [1.82, 2.24) is 0 Å². The number of benzene rings is 1. The Balaban J connectivity index is 1.51. The highest BCUT2D eigenvalue weighted by atomic mass is 32.2. The number of methoxy groups -OCH3 is 1. The zero-order chi connectivity index (χ0) is 23.4. The fraction of sp³-hybridized carbons (Fsp3) is 0.552. The molecule has 0 aromatic heterocycles. The number of carbonyl (C=O) groups is 1. The van der Waals surface area contributed by atoms with Crippen LogP contribution in [-0.4, -0.2) is 22.9 Å². The zero-order valence-corrected chi connectivity index (χ0v) is 21.2. The number of ketones is 1. The Hall–Kier alpha value is -1.94. The first kappa shape index (κ1) is 22.8. The lowest BCUT2D eigenvalue weighted by Gasteiger charge is -2.52. The van der Waals surface area contributed by atoms with Crippen molar-refractivity contribution in [1.29, 1.82) is 0 Å². The molecule has 0 radical (unpaired) electrons. The van der Waals surface area contributed by atoms with Crippen molar-refractivity contribution >= 4 is 16.6 Å². The molecule has 33 heavy (non-hydrogen) atoms. The van der Waals surface area contributed by atoms with E-state index < -0.39 is 10.8 Å². The lowest BCUT2D eigenvalue weighted by atomic mass is 9.51. The van der Waals surface area contributed by atoms with Crippen molar-refractivity contribution in [2.24, 2.45) is 28.6 Å². The maximum Gasteiger partial charge on any atom is 0.155 e. The molecule has 1 aromatic carbocycles. The first-order valence-electron chi connectivity index (χ1n) is 12.4. The number of fused-ring (bicyclic) bond motifs is 5. The average molecular weight is 465 g/mol. The summed E-state index contributed by atoms with van der Waals surface area (Å²) in [6.45, 7) is 7.13. The molecule has 1 unspecified atom stereocenters. The summed E-state index contributed by atoms with van der Waals surface area (Å²) in [5, 5.41) is 0. The van der Waals surface area contributed by atoms with Crippen LogP contribution in [0, 0.1) is 28.6 Å². The molecule has 3 nitrogen and oxygen atoms in total. The molecule has 176 valence electrons. The van der Waals surface area contributed by atoms with Gasteiger partial charge in [0.2, 0.25) is 0 Å². The highest BCUT2D eigenvalue weighted by molar-refractivity contribution is 7.85. The zero-order valence-electron chi connectivity index (χ0n) is 20.4. The van der Waals surface area contributed by atoms with E-state index in [4.69, 9.17) is 4.74 Å². The molecule has 0 bridgehead atoms. The summed E-state index contributed by atoms with van der Waals surface area (Å²) in [5.74, 6) is 3.24. The van der Waals surface area contributed by atoms with Crippen LogP contribution in [0.25, 0.3) is 0 Å². The van der Waals surface area contributed by atoms with Crippen LogP contribution >= 0.6 is 0 Å². The molecule has 5 rings (SSSR count). The maximum absolute atomic E-state index is 13.1. The van der Waals surface area contributed by atoms with Crippen LogP contribution in [0.5, 0.6) is 0 Å². The van der Waals surface area contributed by atoms with E-state index >= 15 is 0 Å². The van der Waals surface area contributed by atoms with Gasteiger partial charge in [-0.2, -0.15) is 0 Å². The van der Waals surface area contributed by atoms with Crippen LogP contribution in [0.3, 0.4) is 0 Å². The van der Waals surface area contributed by atoms with Crippen molar-refractivity contribution in [2.75, 3.05) is 12.9 Å². The monoisotopic (exact) mass is 464 g/mol. The van der Waals surface area contributed by atoms with Crippen LogP contribution in [0.4, 0.5) is 0 Å². The number of hydrogen-bond donors (Lipinski definition) is 0. The number of carbonyl (C=O) groups excluding carboxylic acids is 1. The van der Waals surface area contributed by atoms with Gasteiger partial charge in [-0.1, -0.05) is 56.2 Å². The van der Waals surface area contributed by atoms with E-state index in [1.807, 2.05) is 36.4 Å². The third kappa shape index (κ3) is 3.60. The van der Waals surface area contributed by atoms with Crippen LogP contribution in [-0.2, 0) is 20.3 Å². The summed E-state index contributed by atoms with van der Waals surface area (Å²) in [5.41, 5.74) is 4.45. The van der Waals surface area contributed by atoms with Gasteiger partial charge in [0, 0.05) is 16.7 Å². The minimum absolute atomic E-state index is 0.0435. The van der Waals surface area contributed by atoms with Crippen molar-refractivity contribution < 1.29 is 13.7 Å². The summed E-state index contributed by atoms with van der Waals surface area (Å²) in [4.78, 5) is 13.0. The molecule has 0 spiro atoms. The Morgan fingerprint density at radius 2 is 1.94 bits per heavy atom. The summed E-state index contributed by atoms with van der Waals surface area (Å²) >= 11 is 0. The van der Waals surface area contributed by atoms with Gasteiger partial charge in [0.15, 0.2) is 5.78 Å². The minimum atomic E-state index is -1.12. The smallest absolute Gasteiger partial charge is 0.155 e. The van der Waals surface area contributed by atoms with Gasteiger partial charge >= 0.3 is 0 Å². The molecule has 0 amide bonds. The van der Waals surface area contributed by atoms with Crippen LogP contribution in [0.1, 0.15) is 59.3 Å². The Bertz CT molecular complexity index is 1080. The van der Waals surface area contributed by atoms with Crippen molar-refractivity contribution in [3.63, 3.8) is 0 Å². The van der Waals surface area contributed by atoms with E-state index in [0.717, 1.165) is 42.8 Å². The Morgan fingerprint density at radius 1 is 1.18 bits per heavy atom. The standard InChI is InChI=1S/C29H36O3S/c1-19-16-25-23-11-10-20-17-21(30)12-14-28(20,2)24(23)13-15-29(25,3)27(19)26(32-4)18-33(31)22-8-6-5-7-9-22/h5-9,13,17,19,23,25H,10-12,14-16,18H2,1-4H3/b27-26-/t19-,23-,25+,28+,29+,33?/m1/s1. The summed E-state index contributed by atoms with van der Waals surface area (Å²) in [6, 6.07) is 9.73. The van der Waals surface area contributed by atoms with E-state index in [1.54, 1.807) is 12.7 Å². The number of ether oxygens (including phenoxy) is 1. The predicted molar refractivity (Wildman–Crippen MR) is 133 cm³/mol. The van der Waals surface area contributed by atoms with E-state index in [0.29, 0.717) is 35.7 Å². The van der Waals surface area contributed by atoms with Gasteiger partial charge < -0.3 is 4.74 Å². The van der Waals surface area contributed by atoms with Crippen LogP contribution < -0.4 is 0 Å². The first-order chi connectivity index (χ1) is 15.8. The van der Waals surface area contributed by atoms with E-state index in [1.165, 1.54) is 11.1 Å². The van der Waals surface area contributed by atoms with Crippen molar-refractivity contribution in [3.05, 3.63) is 65.0 Å². The first-order valence-corrected chi connectivity index (χ1v) is 13.7. The number of hydrogen-bond acceptors (Lipinski definition) is 3. The van der Waals surface area contributed by atoms with E-state index in [-0.39, 0.29) is 10.8 Å². The molecule has 4 aliphatic rings. The molecule has 2 fully saturated rings. The quantitative estimate of drug-likeness (QED) is 0.383. The molecule has 6 atom stereocenters. The third-order valence-electron chi connectivity index (χ3n) is 9.26. The second kappa shape index (κ2) is 8.37. The summed E-state index contributed by atoms with van der Waals surface area (Å²) in [6.07, 6.45) is 10.5. The number of rotatable bonds is 4. The molecular formula is C29H36O3S. The SMILES string of the molecule is CO/C(CS(=O)c1ccccc1)=C1/[C@H](C)C[C@H]2[C@@H]3CCC4=CC(=O)CC[C@]4(C)C3=CC[C@]12C. The van der Waals surface area contributed by atoms with Gasteiger partial charge in [0.05, 0.1) is 23.7 Å². The lowest BCUT2D eigenvalue weighted by Crippen LogP contribution is -2.43. The van der Waals surface area contributed by atoms with Gasteiger partial charge in [-0.25, -0.2) is 0 Å². The maximum atomic E-state index is 13.1. The molecule has 2 saturated carbocycles. The second-order valence-corrected chi connectivity index (χ2v) is 12.4. The van der Waals surface area contributed by atoms with Gasteiger partial charge in [-0.3, -0.25) is 9.00 Å². The Morgan fingerprint density at radius 3 is 2.67 bits per heavy atom. The predicted octanol–water partition coefficient (Wildman–Crippen LogP) is 6.39. The second-order valence-electron chi connectivity index (χ2n) is 11.0. The van der Waals surface area contributed by atoms with Crippen LogP contribution in [0.15, 0.2) is 69.9 Å². The highest BCUT2D eigenvalue weighted by Gasteiger charge is 2.56. The fourth-order valence-electron chi connectivity index (χ4n) is 7.64. The van der Waals surface area contributed by atoms with E-state index in [9.17, 15) is 9.00 Å². The lowest BCUT2D eigenvalue weighted by molar-refractivity contribution is -0.115. The molecule has 0 heterocycles. The average Bonchev–Trinajstić information content (AvgIpc) is 3.08. The minimum Gasteiger partial charge on any atom is -0.500 e.